The lowest BCUT2D eigenvalue weighted by Crippen LogP contribution is -2.60. The molecule has 2 N–H and O–H groups in total. The number of hydrazine groups is 1. The highest BCUT2D eigenvalue weighted by molar-refractivity contribution is 5.89. The van der Waals surface area contributed by atoms with Crippen LogP contribution < -0.4 is 10.2 Å². The number of fused-ring (bicyclic) bond motifs is 1. The van der Waals surface area contributed by atoms with E-state index in [0.717, 1.165) is 0 Å². The molecule has 2 atom stereocenters. The van der Waals surface area contributed by atoms with Crippen molar-refractivity contribution in [1.82, 2.24) is 10.4 Å². The predicted octanol–water partition coefficient (Wildman–Crippen LogP) is 0.785. The van der Waals surface area contributed by atoms with E-state index in [4.69, 9.17) is 10.00 Å². The van der Waals surface area contributed by atoms with Crippen LogP contribution in [0.25, 0.3) is 0 Å². The van der Waals surface area contributed by atoms with Crippen molar-refractivity contribution in [1.29, 1.82) is 5.26 Å². The molecule has 120 valence electrons. The first-order valence-corrected chi connectivity index (χ1v) is 7.36. The third-order valence-electron chi connectivity index (χ3n) is 4.20. The Balaban J connectivity index is 2.12. The summed E-state index contributed by atoms with van der Waals surface area (Å²) in [4.78, 5) is 23.9. The van der Waals surface area contributed by atoms with Gasteiger partial charge < -0.3 is 9.84 Å². The van der Waals surface area contributed by atoms with E-state index in [9.17, 15) is 14.7 Å². The monoisotopic (exact) mass is 315 g/mol. The largest absolute Gasteiger partial charge is 0.485 e. The molecule has 23 heavy (non-hydrogen) atoms. The van der Waals surface area contributed by atoms with E-state index in [2.05, 4.69) is 5.43 Å². The average molecular weight is 315 g/mol. The number of nitrogens with zero attached hydrogens (tertiary/aromatic N) is 2. The number of benzene rings is 1. The summed E-state index contributed by atoms with van der Waals surface area (Å²) in [7, 11) is 0. The second-order valence-corrected chi connectivity index (χ2v) is 6.26. The van der Waals surface area contributed by atoms with Gasteiger partial charge in [0, 0.05) is 18.4 Å². The minimum absolute atomic E-state index is 0.0869. The third kappa shape index (κ3) is 2.51. The minimum Gasteiger partial charge on any atom is -0.485 e. The van der Waals surface area contributed by atoms with Crippen LogP contribution in [0.3, 0.4) is 0 Å². The van der Waals surface area contributed by atoms with Crippen molar-refractivity contribution in [2.75, 3.05) is 0 Å². The number of nitrogens with one attached hydrogen (secondary N) is 1. The number of hydrogen-bond acceptors (Lipinski definition) is 5. The molecule has 1 aromatic carbocycles. The van der Waals surface area contributed by atoms with E-state index in [1.54, 1.807) is 32.0 Å². The number of carbonyl (C=O) groups excluding carboxylic acids is 2. The Morgan fingerprint density at radius 1 is 1.39 bits per heavy atom. The molecule has 1 saturated heterocycles. The van der Waals surface area contributed by atoms with E-state index in [-0.39, 0.29) is 24.7 Å². The fourth-order valence-electron chi connectivity index (χ4n) is 2.93. The van der Waals surface area contributed by atoms with Gasteiger partial charge in [-0.25, -0.2) is 5.01 Å². The molecule has 2 aliphatic heterocycles. The Kier molecular flexibility index (Phi) is 3.49. The molecule has 0 bridgehead atoms. The van der Waals surface area contributed by atoms with Crippen LogP contribution in [0, 0.1) is 11.3 Å². The fourth-order valence-corrected chi connectivity index (χ4v) is 2.93. The first-order valence-electron chi connectivity index (χ1n) is 7.36. The number of aliphatic hydroxyl groups excluding tert-OH is 1. The summed E-state index contributed by atoms with van der Waals surface area (Å²) >= 11 is 0. The van der Waals surface area contributed by atoms with Gasteiger partial charge in [0.15, 0.2) is 0 Å². The van der Waals surface area contributed by atoms with Gasteiger partial charge in [0.05, 0.1) is 11.6 Å². The molecule has 7 heteroatoms. The van der Waals surface area contributed by atoms with E-state index < -0.39 is 17.7 Å². The highest BCUT2D eigenvalue weighted by Gasteiger charge is 2.48. The molecule has 0 saturated carbocycles. The van der Waals surface area contributed by atoms with Crippen molar-refractivity contribution in [3.8, 4) is 11.8 Å². The summed E-state index contributed by atoms with van der Waals surface area (Å²) in [6.07, 6.45) is -0.849. The molecule has 0 unspecified atom stereocenters. The van der Waals surface area contributed by atoms with Crippen molar-refractivity contribution in [3.63, 3.8) is 0 Å². The maximum Gasteiger partial charge on any atom is 0.242 e. The molecule has 3 rings (SSSR count). The van der Waals surface area contributed by atoms with E-state index in [0.29, 0.717) is 16.9 Å². The third-order valence-corrected chi connectivity index (χ3v) is 4.20. The van der Waals surface area contributed by atoms with Crippen LogP contribution in [0.2, 0.25) is 0 Å². The second-order valence-electron chi connectivity index (χ2n) is 6.26. The van der Waals surface area contributed by atoms with E-state index in [1.807, 2.05) is 6.07 Å². The summed E-state index contributed by atoms with van der Waals surface area (Å²) in [5.74, 6) is -0.0735. The molecule has 2 aliphatic rings. The Morgan fingerprint density at radius 2 is 2.13 bits per heavy atom. The van der Waals surface area contributed by atoms with E-state index >= 15 is 0 Å². The van der Waals surface area contributed by atoms with E-state index in [1.165, 1.54) is 5.01 Å². The summed E-state index contributed by atoms with van der Waals surface area (Å²) in [5, 5.41) is 21.0. The first-order chi connectivity index (χ1) is 10.8. The minimum atomic E-state index is -1.06. The molecule has 1 fully saturated rings. The second kappa shape index (κ2) is 5.25. The van der Waals surface area contributed by atoms with Crippen LogP contribution in [0.4, 0.5) is 0 Å². The van der Waals surface area contributed by atoms with Crippen LogP contribution in [0.1, 0.15) is 43.9 Å². The number of ether oxygens (including phenoxy) is 1. The summed E-state index contributed by atoms with van der Waals surface area (Å²) in [6.45, 7) is 3.42. The molecule has 0 aliphatic carbocycles. The van der Waals surface area contributed by atoms with Gasteiger partial charge in [0.2, 0.25) is 11.8 Å². The number of hydrogen-bond donors (Lipinski definition) is 2. The van der Waals surface area contributed by atoms with Gasteiger partial charge in [0.25, 0.3) is 0 Å². The zero-order valence-electron chi connectivity index (χ0n) is 12.9. The SMILES string of the molecule is CC1(C)Oc2ccc(C#N)cc2[C@@H](N2NC(=O)CCC2=O)[C@@H]1O. The van der Waals surface area contributed by atoms with Crippen molar-refractivity contribution < 1.29 is 19.4 Å². The van der Waals surface area contributed by atoms with Crippen LogP contribution in [-0.2, 0) is 9.59 Å². The van der Waals surface area contributed by atoms with Gasteiger partial charge in [-0.1, -0.05) is 0 Å². The normalized spacial score (nSPS) is 25.9. The number of carbonyl (C=O) groups is 2. The summed E-state index contributed by atoms with van der Waals surface area (Å²) in [5.41, 5.74) is 2.47. The van der Waals surface area contributed by atoms with Crippen LogP contribution in [0.15, 0.2) is 18.2 Å². The molecule has 7 nitrogen and oxygen atoms in total. The van der Waals surface area contributed by atoms with Crippen molar-refractivity contribution in [3.05, 3.63) is 29.3 Å². The summed E-state index contributed by atoms with van der Waals surface area (Å²) < 4.78 is 5.80. The van der Waals surface area contributed by atoms with Gasteiger partial charge >= 0.3 is 0 Å². The van der Waals surface area contributed by atoms with Crippen LogP contribution in [-0.4, -0.2) is 33.6 Å². The molecule has 2 heterocycles. The van der Waals surface area contributed by atoms with Crippen LogP contribution >= 0.6 is 0 Å². The Labute approximate surface area is 133 Å². The Hall–Kier alpha value is -2.59. The Morgan fingerprint density at radius 3 is 2.83 bits per heavy atom. The molecule has 2 amide bonds. The van der Waals surface area contributed by atoms with Gasteiger partial charge in [-0.2, -0.15) is 5.26 Å². The zero-order chi connectivity index (χ0) is 16.8. The predicted molar refractivity (Wildman–Crippen MR) is 78.8 cm³/mol. The smallest absolute Gasteiger partial charge is 0.242 e. The standard InChI is InChI=1S/C16H17N3O4/c1-16(2)15(22)14(19-13(21)6-5-12(20)18-19)10-7-9(8-17)3-4-11(10)23-16/h3-4,7,14-15,22H,5-6H2,1-2H3,(H,18,20)/t14-,15+/m1/s1. The topological polar surface area (TPSA) is 103 Å². The molecule has 1 aromatic rings. The number of nitriles is 1. The van der Waals surface area contributed by atoms with Crippen LogP contribution in [0.5, 0.6) is 5.75 Å². The maximum atomic E-state index is 12.3. The van der Waals surface area contributed by atoms with Gasteiger partial charge in [-0.3, -0.25) is 15.0 Å². The maximum absolute atomic E-state index is 12.3. The number of amides is 2. The highest BCUT2D eigenvalue weighted by Crippen LogP contribution is 2.43. The lowest BCUT2D eigenvalue weighted by molar-refractivity contribution is -0.161. The molecular formula is C16H17N3O4. The van der Waals surface area contributed by atoms with Crippen molar-refractivity contribution >= 4 is 11.8 Å². The fraction of sp³-hybridized carbons (Fsp3) is 0.438. The Bertz CT molecular complexity index is 723. The quantitative estimate of drug-likeness (QED) is 0.797. The molecule has 0 spiro atoms. The average Bonchev–Trinajstić information content (AvgIpc) is 2.51. The first kappa shape index (κ1) is 15.3. The molecule has 0 aromatic heterocycles. The van der Waals surface area contributed by atoms with Crippen molar-refractivity contribution in [2.45, 2.75) is 44.4 Å². The molecule has 0 radical (unpaired) electrons. The van der Waals surface area contributed by atoms with Gasteiger partial charge in [-0.15, -0.1) is 0 Å². The molecular weight excluding hydrogens is 298 g/mol. The zero-order valence-corrected chi connectivity index (χ0v) is 12.9. The number of rotatable bonds is 1. The van der Waals surface area contributed by atoms with Crippen molar-refractivity contribution in [2.24, 2.45) is 0 Å². The lowest BCUT2D eigenvalue weighted by atomic mass is 9.85. The number of aliphatic hydroxyl groups is 1. The van der Waals surface area contributed by atoms with Gasteiger partial charge in [0.1, 0.15) is 23.5 Å². The summed E-state index contributed by atoms with van der Waals surface area (Å²) in [6, 6.07) is 6.05. The van der Waals surface area contributed by atoms with Gasteiger partial charge in [-0.05, 0) is 32.0 Å². The lowest BCUT2D eigenvalue weighted by Gasteiger charge is -2.46. The highest BCUT2D eigenvalue weighted by atomic mass is 16.5.